The van der Waals surface area contributed by atoms with Gasteiger partial charge >= 0.3 is 0 Å². The van der Waals surface area contributed by atoms with Crippen molar-refractivity contribution in [2.75, 3.05) is 0 Å². The van der Waals surface area contributed by atoms with E-state index in [4.69, 9.17) is 0 Å². The Balaban J connectivity index is 1.52. The third-order valence-corrected chi connectivity index (χ3v) is 10.8. The molecular weight excluding hydrogens is 384 g/mol. The van der Waals surface area contributed by atoms with Crippen LogP contribution in [0.1, 0.15) is 106 Å². The van der Waals surface area contributed by atoms with Crippen LogP contribution in [0.25, 0.3) is 0 Å². The molecule has 3 N–H and O–H groups in total. The molecule has 0 bridgehead atoms. The van der Waals surface area contributed by atoms with Gasteiger partial charge in [-0.2, -0.15) is 0 Å². The molecule has 0 saturated heterocycles. The topological polar surface area (TPSA) is 60.7 Å². The van der Waals surface area contributed by atoms with E-state index in [9.17, 15) is 15.3 Å². The fraction of sp³-hybridized carbons (Fsp3) is 0.929. The molecule has 0 spiro atoms. The Hall–Kier alpha value is -0.380. The first-order valence-corrected chi connectivity index (χ1v) is 13.1. The molecule has 0 aromatic heterocycles. The van der Waals surface area contributed by atoms with Gasteiger partial charge in [0.05, 0.1) is 11.7 Å². The molecule has 3 saturated carbocycles. The largest absolute Gasteiger partial charge is 0.390 e. The van der Waals surface area contributed by atoms with E-state index in [1.807, 2.05) is 20.8 Å². The Morgan fingerprint density at radius 2 is 1.77 bits per heavy atom. The SMILES string of the molecule is CC(CCCC(C)(C)O)[C@H]1CC[C@H]2[C@@H]3CC=C4C(C)(O)[C@@H](O)CC[C@]4(C)[C@H]3CC[C@]12C. The smallest absolute Gasteiger partial charge is 0.109 e. The first-order chi connectivity index (χ1) is 14.3. The first kappa shape index (κ1) is 23.8. The molecule has 31 heavy (non-hydrogen) atoms. The zero-order chi connectivity index (χ0) is 22.8. The van der Waals surface area contributed by atoms with E-state index in [2.05, 4.69) is 26.8 Å². The maximum Gasteiger partial charge on any atom is 0.109 e. The lowest BCUT2D eigenvalue weighted by atomic mass is 9.45. The predicted molar refractivity (Wildman–Crippen MR) is 127 cm³/mol. The highest BCUT2D eigenvalue weighted by molar-refractivity contribution is 5.33. The van der Waals surface area contributed by atoms with Gasteiger partial charge in [0.2, 0.25) is 0 Å². The third-order valence-electron chi connectivity index (χ3n) is 10.8. The quantitative estimate of drug-likeness (QED) is 0.477. The van der Waals surface area contributed by atoms with Crippen molar-refractivity contribution in [1.29, 1.82) is 0 Å². The molecule has 0 radical (unpaired) electrons. The van der Waals surface area contributed by atoms with E-state index in [-0.39, 0.29) is 5.41 Å². The Kier molecular flexibility index (Phi) is 6.01. The van der Waals surface area contributed by atoms with Gasteiger partial charge in [0.25, 0.3) is 0 Å². The highest BCUT2D eigenvalue weighted by Gasteiger charge is 2.61. The summed E-state index contributed by atoms with van der Waals surface area (Å²) in [6, 6.07) is 0. The van der Waals surface area contributed by atoms with Crippen molar-refractivity contribution >= 4 is 0 Å². The summed E-state index contributed by atoms with van der Waals surface area (Å²) < 4.78 is 0. The number of hydrogen-bond donors (Lipinski definition) is 3. The van der Waals surface area contributed by atoms with Gasteiger partial charge in [-0.05, 0) is 118 Å². The monoisotopic (exact) mass is 432 g/mol. The van der Waals surface area contributed by atoms with E-state index in [1.165, 1.54) is 32.1 Å². The third kappa shape index (κ3) is 3.85. The first-order valence-electron chi connectivity index (χ1n) is 13.1. The summed E-state index contributed by atoms with van der Waals surface area (Å²) >= 11 is 0. The van der Waals surface area contributed by atoms with Crippen molar-refractivity contribution in [3.8, 4) is 0 Å². The minimum Gasteiger partial charge on any atom is -0.390 e. The lowest BCUT2D eigenvalue weighted by Gasteiger charge is -2.60. The van der Waals surface area contributed by atoms with Crippen LogP contribution in [0.4, 0.5) is 0 Å². The zero-order valence-electron chi connectivity index (χ0n) is 21.0. The lowest BCUT2D eigenvalue weighted by molar-refractivity contribution is -0.114. The Morgan fingerprint density at radius 1 is 1.06 bits per heavy atom. The fourth-order valence-corrected chi connectivity index (χ4v) is 9.13. The van der Waals surface area contributed by atoms with Crippen molar-refractivity contribution in [3.63, 3.8) is 0 Å². The predicted octanol–water partition coefficient (Wildman–Crippen LogP) is 5.86. The summed E-state index contributed by atoms with van der Waals surface area (Å²) in [5.74, 6) is 3.69. The summed E-state index contributed by atoms with van der Waals surface area (Å²) in [6.45, 7) is 13.2. The molecule has 4 rings (SSSR count). The molecule has 4 aliphatic rings. The van der Waals surface area contributed by atoms with Gasteiger partial charge in [-0.25, -0.2) is 0 Å². The highest BCUT2D eigenvalue weighted by Crippen LogP contribution is 2.68. The summed E-state index contributed by atoms with van der Waals surface area (Å²) in [5, 5.41) is 31.7. The van der Waals surface area contributed by atoms with Gasteiger partial charge in [-0.1, -0.05) is 39.7 Å². The van der Waals surface area contributed by atoms with Crippen molar-refractivity contribution in [2.45, 2.75) is 123 Å². The summed E-state index contributed by atoms with van der Waals surface area (Å²) in [7, 11) is 0. The number of aliphatic hydroxyl groups excluding tert-OH is 1. The van der Waals surface area contributed by atoms with E-state index in [0.717, 1.165) is 54.9 Å². The summed E-state index contributed by atoms with van der Waals surface area (Å²) in [4.78, 5) is 0. The van der Waals surface area contributed by atoms with Crippen LogP contribution < -0.4 is 0 Å². The van der Waals surface area contributed by atoms with Crippen molar-refractivity contribution in [2.24, 2.45) is 40.4 Å². The van der Waals surface area contributed by atoms with Crippen LogP contribution in [0.5, 0.6) is 0 Å². The van der Waals surface area contributed by atoms with Gasteiger partial charge in [0, 0.05) is 0 Å². The second-order valence-electron chi connectivity index (χ2n) is 13.3. The minimum atomic E-state index is -1.06. The van der Waals surface area contributed by atoms with Crippen LogP contribution in [0.3, 0.4) is 0 Å². The van der Waals surface area contributed by atoms with Crippen molar-refractivity contribution in [3.05, 3.63) is 11.6 Å². The number of rotatable bonds is 5. The molecule has 3 fully saturated rings. The Bertz CT molecular complexity index is 704. The van der Waals surface area contributed by atoms with Crippen molar-refractivity contribution < 1.29 is 15.3 Å². The molecule has 0 amide bonds. The highest BCUT2D eigenvalue weighted by atomic mass is 16.3. The maximum absolute atomic E-state index is 11.2. The maximum atomic E-state index is 11.2. The van der Waals surface area contributed by atoms with Gasteiger partial charge in [-0.3, -0.25) is 0 Å². The second kappa shape index (κ2) is 7.84. The van der Waals surface area contributed by atoms with E-state index in [1.54, 1.807) is 0 Å². The molecule has 2 unspecified atom stereocenters. The van der Waals surface area contributed by atoms with Gasteiger partial charge < -0.3 is 15.3 Å². The molecule has 9 atom stereocenters. The summed E-state index contributed by atoms with van der Waals surface area (Å²) in [6.07, 6.45) is 13.1. The average molecular weight is 433 g/mol. The fourth-order valence-electron chi connectivity index (χ4n) is 9.13. The molecule has 4 aliphatic carbocycles. The van der Waals surface area contributed by atoms with Crippen LogP contribution in [0.2, 0.25) is 0 Å². The van der Waals surface area contributed by atoms with E-state index in [0.29, 0.717) is 17.8 Å². The molecule has 0 aromatic rings. The van der Waals surface area contributed by atoms with Crippen LogP contribution in [0.15, 0.2) is 11.6 Å². The van der Waals surface area contributed by atoms with Crippen LogP contribution >= 0.6 is 0 Å². The second-order valence-corrected chi connectivity index (χ2v) is 13.3. The van der Waals surface area contributed by atoms with Crippen LogP contribution in [0, 0.1) is 40.4 Å². The number of allylic oxidation sites excluding steroid dienone is 1. The number of aliphatic hydroxyl groups is 3. The average Bonchev–Trinajstić information content (AvgIpc) is 3.01. The molecule has 3 nitrogen and oxygen atoms in total. The molecule has 3 heteroatoms. The molecular formula is C28H48O3. The normalized spacial score (nSPS) is 48.4. The van der Waals surface area contributed by atoms with Crippen LogP contribution in [-0.4, -0.2) is 32.6 Å². The van der Waals surface area contributed by atoms with Gasteiger partial charge in [-0.15, -0.1) is 0 Å². The molecule has 0 heterocycles. The van der Waals surface area contributed by atoms with Gasteiger partial charge in [0.15, 0.2) is 0 Å². The number of hydrogen-bond acceptors (Lipinski definition) is 3. The van der Waals surface area contributed by atoms with E-state index >= 15 is 0 Å². The standard InChI is InChI=1S/C28H48O3/c1-18(8-7-15-25(2,3)30)20-10-11-21-19-9-12-23-27(5,17-14-24(29)28(23,6)31)22(19)13-16-26(20,21)4/h12,18-22,24,29-31H,7-11,13-17H2,1-6H3/t18?,19-,20+,21-,22-,24-,26+,27+,28?/m0/s1. The molecule has 0 aliphatic heterocycles. The Labute approximate surface area is 190 Å². The van der Waals surface area contributed by atoms with Crippen LogP contribution in [-0.2, 0) is 0 Å². The number of fused-ring (bicyclic) bond motifs is 5. The van der Waals surface area contributed by atoms with Crippen molar-refractivity contribution in [1.82, 2.24) is 0 Å². The molecule has 178 valence electrons. The van der Waals surface area contributed by atoms with Gasteiger partial charge in [0.1, 0.15) is 5.60 Å². The Morgan fingerprint density at radius 3 is 2.45 bits per heavy atom. The summed E-state index contributed by atoms with van der Waals surface area (Å²) in [5.41, 5.74) is 0.0115. The molecule has 0 aromatic carbocycles. The lowest BCUT2D eigenvalue weighted by Crippen LogP contribution is -2.57. The minimum absolute atomic E-state index is 0.0450. The zero-order valence-corrected chi connectivity index (χ0v) is 21.0. The van der Waals surface area contributed by atoms with E-state index < -0.39 is 17.3 Å².